The maximum Gasteiger partial charge on any atom is 0.215 e. The first-order valence-electron chi connectivity index (χ1n) is 6.36. The smallest absolute Gasteiger partial charge is 0.215 e. The lowest BCUT2D eigenvalue weighted by Crippen LogP contribution is -2.39. The molecular weight excluding hydrogens is 240 g/mol. The summed E-state index contributed by atoms with van der Waals surface area (Å²) < 4.78 is 31.2. The monoisotopic (exact) mass is 264 g/mol. The Labute approximate surface area is 105 Å². The highest BCUT2D eigenvalue weighted by atomic mass is 32.2. The van der Waals surface area contributed by atoms with Gasteiger partial charge in [0.25, 0.3) is 0 Å². The quantitative estimate of drug-likeness (QED) is 0.707. The first-order valence-corrected chi connectivity index (χ1v) is 7.97. The van der Waals surface area contributed by atoms with E-state index in [2.05, 4.69) is 12.2 Å². The summed E-state index contributed by atoms with van der Waals surface area (Å²) in [5, 5.41) is 3.12. The summed E-state index contributed by atoms with van der Waals surface area (Å²) in [5.41, 5.74) is 0. The van der Waals surface area contributed by atoms with Crippen molar-refractivity contribution in [2.75, 3.05) is 38.5 Å². The van der Waals surface area contributed by atoms with Crippen LogP contribution in [0.3, 0.4) is 0 Å². The molecule has 0 aromatic heterocycles. The van der Waals surface area contributed by atoms with E-state index >= 15 is 0 Å². The highest BCUT2D eigenvalue weighted by molar-refractivity contribution is 7.89. The van der Waals surface area contributed by atoms with Crippen LogP contribution >= 0.6 is 0 Å². The standard InChI is InChI=1S/C11H24N2O3S/c1-3-5-12-6-9-17(14,15)13-7-4-8-16-11(2)10-13/h11-12H,3-10H2,1-2H3. The van der Waals surface area contributed by atoms with E-state index in [1.54, 1.807) is 4.31 Å². The van der Waals surface area contributed by atoms with Crippen molar-refractivity contribution in [1.82, 2.24) is 9.62 Å². The predicted octanol–water partition coefficient (Wildman–Crippen LogP) is 0.427. The molecule has 0 aromatic carbocycles. The van der Waals surface area contributed by atoms with Crippen molar-refractivity contribution in [1.29, 1.82) is 0 Å². The van der Waals surface area contributed by atoms with E-state index in [0.29, 0.717) is 26.2 Å². The summed E-state index contributed by atoms with van der Waals surface area (Å²) in [4.78, 5) is 0. The fourth-order valence-corrected chi connectivity index (χ4v) is 3.35. The minimum absolute atomic E-state index is 0.00382. The molecule has 1 saturated heterocycles. The average Bonchev–Trinajstić information content (AvgIpc) is 2.50. The summed E-state index contributed by atoms with van der Waals surface area (Å²) in [6, 6.07) is 0. The van der Waals surface area contributed by atoms with E-state index in [1.165, 1.54) is 0 Å². The van der Waals surface area contributed by atoms with E-state index < -0.39 is 10.0 Å². The Morgan fingerprint density at radius 3 is 2.88 bits per heavy atom. The molecule has 0 aliphatic carbocycles. The third-order valence-corrected chi connectivity index (χ3v) is 4.61. The topological polar surface area (TPSA) is 58.6 Å². The molecule has 6 heteroatoms. The van der Waals surface area contributed by atoms with E-state index in [4.69, 9.17) is 4.74 Å². The Morgan fingerprint density at radius 2 is 2.18 bits per heavy atom. The Bertz CT molecular complexity index is 306. The summed E-state index contributed by atoms with van der Waals surface area (Å²) in [5.74, 6) is 0.180. The van der Waals surface area contributed by atoms with Gasteiger partial charge in [0.2, 0.25) is 10.0 Å². The zero-order valence-corrected chi connectivity index (χ0v) is 11.6. The Kier molecular flexibility index (Phi) is 6.40. The zero-order chi connectivity index (χ0) is 12.7. The van der Waals surface area contributed by atoms with Crippen LogP contribution in [0.25, 0.3) is 0 Å². The van der Waals surface area contributed by atoms with Gasteiger partial charge in [-0.05, 0) is 26.3 Å². The van der Waals surface area contributed by atoms with Crippen LogP contribution in [0.5, 0.6) is 0 Å². The van der Waals surface area contributed by atoms with Crippen molar-refractivity contribution < 1.29 is 13.2 Å². The molecule has 0 amide bonds. The third-order valence-electron chi connectivity index (χ3n) is 2.77. The summed E-state index contributed by atoms with van der Waals surface area (Å²) in [6.45, 7) is 7.10. The van der Waals surface area contributed by atoms with Crippen molar-refractivity contribution >= 4 is 10.0 Å². The molecule has 17 heavy (non-hydrogen) atoms. The molecule has 1 fully saturated rings. The van der Waals surface area contributed by atoms with Crippen LogP contribution in [0.1, 0.15) is 26.7 Å². The summed E-state index contributed by atoms with van der Waals surface area (Å²) >= 11 is 0. The molecular formula is C11H24N2O3S. The van der Waals surface area contributed by atoms with Crippen LogP contribution < -0.4 is 5.32 Å². The van der Waals surface area contributed by atoms with E-state index in [9.17, 15) is 8.42 Å². The molecule has 1 rings (SSSR count). The lowest BCUT2D eigenvalue weighted by Gasteiger charge is -2.21. The van der Waals surface area contributed by atoms with Gasteiger partial charge in [-0.3, -0.25) is 0 Å². The first-order chi connectivity index (χ1) is 8.06. The number of ether oxygens (including phenoxy) is 1. The second kappa shape index (κ2) is 7.31. The van der Waals surface area contributed by atoms with Crippen molar-refractivity contribution in [3.05, 3.63) is 0 Å². The van der Waals surface area contributed by atoms with Crippen LogP contribution in [0, 0.1) is 0 Å². The van der Waals surface area contributed by atoms with Gasteiger partial charge in [-0.25, -0.2) is 8.42 Å². The SMILES string of the molecule is CCCNCCS(=O)(=O)N1CCCOC(C)C1. The molecule has 0 bridgehead atoms. The van der Waals surface area contributed by atoms with Gasteiger partial charge in [0.05, 0.1) is 11.9 Å². The van der Waals surface area contributed by atoms with Crippen molar-refractivity contribution in [2.24, 2.45) is 0 Å². The van der Waals surface area contributed by atoms with Gasteiger partial charge in [0.15, 0.2) is 0 Å². The second-order valence-electron chi connectivity index (χ2n) is 4.46. The normalized spacial score (nSPS) is 23.5. The fraction of sp³-hybridized carbons (Fsp3) is 1.00. The lowest BCUT2D eigenvalue weighted by atomic mass is 10.4. The van der Waals surface area contributed by atoms with Gasteiger partial charge in [-0.15, -0.1) is 0 Å². The van der Waals surface area contributed by atoms with Crippen molar-refractivity contribution in [3.63, 3.8) is 0 Å². The molecule has 1 heterocycles. The number of nitrogens with one attached hydrogen (secondary N) is 1. The average molecular weight is 264 g/mol. The molecule has 5 nitrogen and oxygen atoms in total. The molecule has 1 unspecified atom stereocenters. The minimum atomic E-state index is -3.13. The van der Waals surface area contributed by atoms with E-state index in [1.807, 2.05) is 6.92 Å². The number of hydrogen-bond acceptors (Lipinski definition) is 4. The molecule has 0 saturated carbocycles. The van der Waals surface area contributed by atoms with Gasteiger partial charge in [-0.1, -0.05) is 6.92 Å². The molecule has 0 radical (unpaired) electrons. The Hall–Kier alpha value is -0.170. The first kappa shape index (κ1) is 14.9. The van der Waals surface area contributed by atoms with Gasteiger partial charge < -0.3 is 10.1 Å². The van der Waals surface area contributed by atoms with E-state index in [-0.39, 0.29) is 11.9 Å². The van der Waals surface area contributed by atoms with Crippen LogP contribution in [0.15, 0.2) is 0 Å². The van der Waals surface area contributed by atoms with Gasteiger partial charge >= 0.3 is 0 Å². The number of sulfonamides is 1. The van der Waals surface area contributed by atoms with Crippen molar-refractivity contribution in [3.8, 4) is 0 Å². The summed E-state index contributed by atoms with van der Waals surface area (Å²) in [6.07, 6.45) is 1.80. The van der Waals surface area contributed by atoms with Gasteiger partial charge in [0.1, 0.15) is 0 Å². The fourth-order valence-electron chi connectivity index (χ4n) is 1.84. The lowest BCUT2D eigenvalue weighted by molar-refractivity contribution is 0.0752. The molecule has 1 atom stereocenters. The van der Waals surface area contributed by atoms with E-state index in [0.717, 1.165) is 19.4 Å². The van der Waals surface area contributed by atoms with Gasteiger partial charge in [0, 0.05) is 26.2 Å². The number of rotatable bonds is 6. The Balaban J connectivity index is 2.44. The minimum Gasteiger partial charge on any atom is -0.377 e. The summed E-state index contributed by atoms with van der Waals surface area (Å²) in [7, 11) is -3.13. The van der Waals surface area contributed by atoms with Crippen LogP contribution in [-0.2, 0) is 14.8 Å². The highest BCUT2D eigenvalue weighted by Crippen LogP contribution is 2.10. The molecule has 1 aliphatic heterocycles. The zero-order valence-electron chi connectivity index (χ0n) is 10.8. The third kappa shape index (κ3) is 5.33. The predicted molar refractivity (Wildman–Crippen MR) is 68.6 cm³/mol. The maximum atomic E-state index is 12.1. The van der Waals surface area contributed by atoms with Gasteiger partial charge in [-0.2, -0.15) is 4.31 Å². The number of nitrogens with zero attached hydrogens (tertiary/aromatic N) is 1. The molecule has 0 spiro atoms. The Morgan fingerprint density at radius 1 is 1.41 bits per heavy atom. The second-order valence-corrected chi connectivity index (χ2v) is 6.55. The maximum absolute atomic E-state index is 12.1. The largest absolute Gasteiger partial charge is 0.377 e. The molecule has 0 aromatic rings. The highest BCUT2D eigenvalue weighted by Gasteiger charge is 2.25. The molecule has 102 valence electrons. The molecule has 1 N–H and O–H groups in total. The van der Waals surface area contributed by atoms with Crippen LogP contribution in [0.4, 0.5) is 0 Å². The molecule has 1 aliphatic rings. The number of hydrogen-bond donors (Lipinski definition) is 1. The van der Waals surface area contributed by atoms with Crippen LogP contribution in [-0.4, -0.2) is 57.4 Å². The van der Waals surface area contributed by atoms with Crippen molar-refractivity contribution in [2.45, 2.75) is 32.8 Å². The van der Waals surface area contributed by atoms with Crippen LogP contribution in [0.2, 0.25) is 0 Å².